The predicted octanol–water partition coefficient (Wildman–Crippen LogP) is 1.45. The van der Waals surface area contributed by atoms with Gasteiger partial charge in [0.05, 0.1) is 11.0 Å². The first-order valence-electron chi connectivity index (χ1n) is 6.58. The van der Waals surface area contributed by atoms with E-state index >= 15 is 0 Å². The van der Waals surface area contributed by atoms with E-state index in [0.29, 0.717) is 17.6 Å². The summed E-state index contributed by atoms with van der Waals surface area (Å²) >= 11 is 0. The van der Waals surface area contributed by atoms with Crippen LogP contribution in [0, 0.1) is 0 Å². The van der Waals surface area contributed by atoms with Crippen LogP contribution in [0.3, 0.4) is 0 Å². The van der Waals surface area contributed by atoms with Crippen LogP contribution in [0.1, 0.15) is 19.7 Å². The highest BCUT2D eigenvalue weighted by atomic mass is 16.3. The van der Waals surface area contributed by atoms with Crippen LogP contribution in [0.15, 0.2) is 18.2 Å². The molecule has 1 aromatic heterocycles. The maximum Gasteiger partial charge on any atom is 0.135 e. The summed E-state index contributed by atoms with van der Waals surface area (Å²) in [6, 6.07) is 6.18. The second kappa shape index (κ2) is 5.59. The van der Waals surface area contributed by atoms with Crippen LogP contribution < -0.4 is 5.73 Å². The van der Waals surface area contributed by atoms with E-state index in [1.54, 1.807) is 0 Å². The molecule has 1 aromatic carbocycles. The Balaban J connectivity index is 2.30. The Morgan fingerprint density at radius 1 is 1.42 bits per heavy atom. The van der Waals surface area contributed by atoms with Crippen LogP contribution in [0.5, 0.6) is 0 Å². The monoisotopic (exact) mass is 262 g/mol. The largest absolute Gasteiger partial charge is 0.399 e. The summed E-state index contributed by atoms with van der Waals surface area (Å²) < 4.78 is 2.06. The topological polar surface area (TPSA) is 67.3 Å². The lowest BCUT2D eigenvalue weighted by Crippen LogP contribution is -2.30. The van der Waals surface area contributed by atoms with Gasteiger partial charge in [-0.05, 0) is 39.1 Å². The first-order chi connectivity index (χ1) is 9.02. The molecule has 0 spiro atoms. The zero-order valence-corrected chi connectivity index (χ0v) is 11.8. The van der Waals surface area contributed by atoms with Gasteiger partial charge in [0.15, 0.2) is 0 Å². The summed E-state index contributed by atoms with van der Waals surface area (Å²) in [7, 11) is 2.10. The summed E-state index contributed by atoms with van der Waals surface area (Å²) in [4.78, 5) is 6.70. The van der Waals surface area contributed by atoms with Gasteiger partial charge < -0.3 is 20.3 Å². The van der Waals surface area contributed by atoms with Gasteiger partial charge in [-0.25, -0.2) is 4.98 Å². The molecule has 0 bridgehead atoms. The number of nitrogen functional groups attached to an aromatic ring is 1. The fraction of sp³-hybridized carbons (Fsp3) is 0.500. The lowest BCUT2D eigenvalue weighted by molar-refractivity contribution is 0.246. The Bertz CT molecular complexity index is 562. The predicted molar refractivity (Wildman–Crippen MR) is 77.8 cm³/mol. The van der Waals surface area contributed by atoms with Gasteiger partial charge in [0.1, 0.15) is 12.4 Å². The number of anilines is 1. The zero-order chi connectivity index (χ0) is 14.0. The average molecular weight is 262 g/mol. The van der Waals surface area contributed by atoms with Crippen molar-refractivity contribution in [2.24, 2.45) is 0 Å². The van der Waals surface area contributed by atoms with Crippen molar-refractivity contribution in [2.45, 2.75) is 33.0 Å². The van der Waals surface area contributed by atoms with Gasteiger partial charge in [-0.1, -0.05) is 0 Å². The highest BCUT2D eigenvalue weighted by Gasteiger charge is 2.11. The zero-order valence-electron chi connectivity index (χ0n) is 11.8. The summed E-state index contributed by atoms with van der Waals surface area (Å²) in [6.07, 6.45) is 0. The minimum absolute atomic E-state index is 0.0556. The maximum absolute atomic E-state index is 9.44. The number of hydrogen-bond acceptors (Lipinski definition) is 4. The number of aliphatic hydroxyl groups is 1. The number of likely N-dealkylation sites (N-methyl/N-ethyl adjacent to an activating group) is 1. The molecule has 104 valence electrons. The Morgan fingerprint density at radius 2 is 2.16 bits per heavy atom. The van der Waals surface area contributed by atoms with Crippen molar-refractivity contribution in [2.75, 3.05) is 19.3 Å². The maximum atomic E-state index is 9.44. The molecule has 0 aliphatic carbocycles. The van der Waals surface area contributed by atoms with Crippen molar-refractivity contribution < 1.29 is 5.11 Å². The quantitative estimate of drug-likeness (QED) is 0.800. The van der Waals surface area contributed by atoms with Crippen molar-refractivity contribution in [3.8, 4) is 0 Å². The minimum Gasteiger partial charge on any atom is -0.399 e. The number of nitrogens with zero attached hydrogens (tertiary/aromatic N) is 3. The highest BCUT2D eigenvalue weighted by Crippen LogP contribution is 2.19. The Hall–Kier alpha value is -1.59. The average Bonchev–Trinajstić information content (AvgIpc) is 2.72. The fourth-order valence-electron chi connectivity index (χ4n) is 2.08. The van der Waals surface area contributed by atoms with Gasteiger partial charge in [0.2, 0.25) is 0 Å². The SMILES string of the molecule is CC(C)N(C)CCn1c(CO)nc2cc(N)ccc21. The van der Waals surface area contributed by atoms with Crippen LogP contribution in [0.2, 0.25) is 0 Å². The molecule has 3 N–H and O–H groups in total. The second-order valence-corrected chi connectivity index (χ2v) is 5.16. The molecule has 2 aromatic rings. The number of aliphatic hydroxyl groups excluding tert-OH is 1. The second-order valence-electron chi connectivity index (χ2n) is 5.16. The van der Waals surface area contributed by atoms with Gasteiger partial charge in [-0.3, -0.25) is 0 Å². The van der Waals surface area contributed by atoms with Crippen molar-refractivity contribution in [3.05, 3.63) is 24.0 Å². The van der Waals surface area contributed by atoms with E-state index in [2.05, 4.69) is 35.3 Å². The van der Waals surface area contributed by atoms with Crippen molar-refractivity contribution in [1.82, 2.24) is 14.5 Å². The minimum atomic E-state index is -0.0556. The van der Waals surface area contributed by atoms with E-state index in [1.807, 2.05) is 18.2 Å². The van der Waals surface area contributed by atoms with Gasteiger partial charge >= 0.3 is 0 Å². The molecular weight excluding hydrogens is 240 g/mol. The van der Waals surface area contributed by atoms with Gasteiger partial charge in [-0.15, -0.1) is 0 Å². The summed E-state index contributed by atoms with van der Waals surface area (Å²) in [5.41, 5.74) is 8.33. The van der Waals surface area contributed by atoms with Gasteiger partial charge in [-0.2, -0.15) is 0 Å². The molecule has 0 radical (unpaired) electrons. The van der Waals surface area contributed by atoms with E-state index < -0.39 is 0 Å². The molecule has 0 atom stereocenters. The standard InChI is InChI=1S/C14H22N4O/c1-10(2)17(3)6-7-18-13-5-4-11(15)8-12(13)16-14(18)9-19/h4-5,8,10,19H,6-7,9,15H2,1-3H3. The van der Waals surface area contributed by atoms with Gasteiger partial charge in [0, 0.05) is 24.8 Å². The number of benzene rings is 1. The van der Waals surface area contributed by atoms with Gasteiger partial charge in [0.25, 0.3) is 0 Å². The van der Waals surface area contributed by atoms with Crippen molar-refractivity contribution in [3.63, 3.8) is 0 Å². The van der Waals surface area contributed by atoms with Crippen LogP contribution in [0.25, 0.3) is 11.0 Å². The third kappa shape index (κ3) is 2.88. The molecule has 0 amide bonds. The number of hydrogen-bond donors (Lipinski definition) is 2. The van der Waals surface area contributed by atoms with Crippen LogP contribution >= 0.6 is 0 Å². The molecular formula is C14H22N4O. The van der Waals surface area contributed by atoms with Crippen LogP contribution in [0.4, 0.5) is 5.69 Å². The van der Waals surface area contributed by atoms with Crippen molar-refractivity contribution >= 4 is 16.7 Å². The summed E-state index contributed by atoms with van der Waals surface area (Å²) in [6.45, 7) is 6.00. The Morgan fingerprint density at radius 3 is 2.79 bits per heavy atom. The molecule has 0 unspecified atom stereocenters. The fourth-order valence-corrected chi connectivity index (χ4v) is 2.08. The lowest BCUT2D eigenvalue weighted by Gasteiger charge is -2.21. The Kier molecular flexibility index (Phi) is 4.07. The van der Waals surface area contributed by atoms with E-state index in [9.17, 15) is 5.11 Å². The molecule has 0 fully saturated rings. The number of nitrogens with two attached hydrogens (primary N) is 1. The normalized spacial score (nSPS) is 11.9. The third-order valence-electron chi connectivity index (χ3n) is 3.55. The highest BCUT2D eigenvalue weighted by molar-refractivity contribution is 5.79. The Labute approximate surface area is 113 Å². The van der Waals surface area contributed by atoms with Crippen LogP contribution in [-0.2, 0) is 13.2 Å². The molecule has 5 nitrogen and oxygen atoms in total. The molecule has 5 heteroatoms. The summed E-state index contributed by atoms with van der Waals surface area (Å²) in [5, 5.41) is 9.44. The molecule has 1 heterocycles. The smallest absolute Gasteiger partial charge is 0.135 e. The van der Waals surface area contributed by atoms with E-state index in [0.717, 1.165) is 24.1 Å². The van der Waals surface area contributed by atoms with Crippen LogP contribution in [-0.4, -0.2) is 39.2 Å². The van der Waals surface area contributed by atoms with E-state index in [4.69, 9.17) is 5.73 Å². The first kappa shape index (κ1) is 13.8. The van der Waals surface area contributed by atoms with Crippen molar-refractivity contribution in [1.29, 1.82) is 0 Å². The number of imidazole rings is 1. The van der Waals surface area contributed by atoms with E-state index in [1.165, 1.54) is 0 Å². The number of rotatable bonds is 5. The molecule has 0 saturated heterocycles. The van der Waals surface area contributed by atoms with E-state index in [-0.39, 0.29) is 6.61 Å². The molecule has 19 heavy (non-hydrogen) atoms. The lowest BCUT2D eigenvalue weighted by atomic mass is 10.3. The summed E-state index contributed by atoms with van der Waals surface area (Å²) in [5.74, 6) is 0.692. The number of fused-ring (bicyclic) bond motifs is 1. The molecule has 2 rings (SSSR count). The molecule has 0 aliphatic rings. The third-order valence-corrected chi connectivity index (χ3v) is 3.55. The first-order valence-corrected chi connectivity index (χ1v) is 6.58. The molecule has 0 aliphatic heterocycles. The molecule has 0 saturated carbocycles. The number of aromatic nitrogens is 2.